The SMILES string of the molecule is CC1CC(C)CC(C(=O)C2NCCc3ccccc32)C1. The zero-order valence-electron chi connectivity index (χ0n) is 12.6. The minimum atomic E-state index is -0.0672. The highest BCUT2D eigenvalue weighted by molar-refractivity contribution is 5.88. The van der Waals surface area contributed by atoms with Gasteiger partial charge in [-0.15, -0.1) is 0 Å². The fourth-order valence-electron chi connectivity index (χ4n) is 4.17. The van der Waals surface area contributed by atoms with Crippen molar-refractivity contribution >= 4 is 5.78 Å². The van der Waals surface area contributed by atoms with Gasteiger partial charge in [0.05, 0.1) is 6.04 Å². The van der Waals surface area contributed by atoms with E-state index in [1.807, 2.05) is 0 Å². The van der Waals surface area contributed by atoms with Gasteiger partial charge in [0.1, 0.15) is 0 Å². The van der Waals surface area contributed by atoms with Crippen molar-refractivity contribution in [1.82, 2.24) is 5.32 Å². The van der Waals surface area contributed by atoms with Crippen molar-refractivity contribution in [3.8, 4) is 0 Å². The van der Waals surface area contributed by atoms with E-state index in [1.165, 1.54) is 17.5 Å². The molecule has 0 spiro atoms. The van der Waals surface area contributed by atoms with Crippen LogP contribution in [0.2, 0.25) is 0 Å². The van der Waals surface area contributed by atoms with E-state index in [-0.39, 0.29) is 12.0 Å². The standard InChI is InChI=1S/C18H25NO/c1-12-9-13(2)11-15(10-12)18(20)17-16-6-4-3-5-14(16)7-8-19-17/h3-6,12-13,15,17,19H,7-11H2,1-2H3. The molecule has 3 unspecified atom stereocenters. The molecule has 0 amide bonds. The first kappa shape index (κ1) is 13.8. The highest BCUT2D eigenvalue weighted by atomic mass is 16.1. The summed E-state index contributed by atoms with van der Waals surface area (Å²) in [6.45, 7) is 5.50. The van der Waals surface area contributed by atoms with Crippen molar-refractivity contribution in [3.05, 3.63) is 35.4 Å². The molecule has 0 saturated heterocycles. The molecule has 0 aromatic heterocycles. The lowest BCUT2D eigenvalue weighted by molar-refractivity contribution is -0.127. The summed E-state index contributed by atoms with van der Waals surface area (Å²) in [6.07, 6.45) is 4.46. The van der Waals surface area contributed by atoms with Crippen molar-refractivity contribution in [3.63, 3.8) is 0 Å². The zero-order chi connectivity index (χ0) is 14.1. The summed E-state index contributed by atoms with van der Waals surface area (Å²) in [4.78, 5) is 12.9. The Morgan fingerprint density at radius 2 is 1.80 bits per heavy atom. The van der Waals surface area contributed by atoms with Crippen molar-refractivity contribution in [2.45, 2.75) is 45.6 Å². The van der Waals surface area contributed by atoms with Crippen LogP contribution in [0.5, 0.6) is 0 Å². The number of nitrogens with one attached hydrogen (secondary N) is 1. The Balaban J connectivity index is 1.81. The monoisotopic (exact) mass is 271 g/mol. The molecule has 1 heterocycles. The van der Waals surface area contributed by atoms with Crippen LogP contribution in [0.25, 0.3) is 0 Å². The first-order chi connectivity index (χ1) is 9.65. The molecular formula is C18H25NO. The van der Waals surface area contributed by atoms with E-state index in [9.17, 15) is 4.79 Å². The van der Waals surface area contributed by atoms with Crippen molar-refractivity contribution in [2.75, 3.05) is 6.54 Å². The summed E-state index contributed by atoms with van der Waals surface area (Å²) in [5.74, 6) is 2.05. The summed E-state index contributed by atoms with van der Waals surface area (Å²) in [5.41, 5.74) is 2.57. The van der Waals surface area contributed by atoms with E-state index in [0.717, 1.165) is 25.8 Å². The molecule has 1 fully saturated rings. The van der Waals surface area contributed by atoms with E-state index in [0.29, 0.717) is 17.6 Å². The second-order valence-corrected chi connectivity index (χ2v) is 6.85. The molecule has 1 N–H and O–H groups in total. The summed E-state index contributed by atoms with van der Waals surface area (Å²) in [7, 11) is 0. The molecule has 3 atom stereocenters. The van der Waals surface area contributed by atoms with Crippen LogP contribution >= 0.6 is 0 Å². The normalized spacial score (nSPS) is 33.5. The Morgan fingerprint density at radius 3 is 2.55 bits per heavy atom. The quantitative estimate of drug-likeness (QED) is 0.891. The lowest BCUT2D eigenvalue weighted by Crippen LogP contribution is -2.40. The van der Waals surface area contributed by atoms with Crippen LogP contribution in [0.15, 0.2) is 24.3 Å². The lowest BCUT2D eigenvalue weighted by Gasteiger charge is -2.34. The molecule has 1 aromatic rings. The Morgan fingerprint density at radius 1 is 1.10 bits per heavy atom. The Labute approximate surface area is 122 Å². The van der Waals surface area contributed by atoms with Gasteiger partial charge in [0.25, 0.3) is 0 Å². The predicted molar refractivity (Wildman–Crippen MR) is 81.6 cm³/mol. The second-order valence-electron chi connectivity index (χ2n) is 6.85. The number of carbonyl (C=O) groups is 1. The minimum absolute atomic E-state index is 0.0672. The molecule has 3 rings (SSSR count). The van der Waals surface area contributed by atoms with Gasteiger partial charge in [0, 0.05) is 12.5 Å². The molecule has 2 aliphatic rings. The van der Waals surface area contributed by atoms with Crippen LogP contribution in [-0.2, 0) is 11.2 Å². The van der Waals surface area contributed by atoms with Gasteiger partial charge in [-0.2, -0.15) is 0 Å². The average molecular weight is 271 g/mol. The maximum Gasteiger partial charge on any atom is 0.157 e. The molecule has 1 aromatic carbocycles. The third-order valence-corrected chi connectivity index (χ3v) is 4.97. The first-order valence-electron chi connectivity index (χ1n) is 8.00. The number of hydrogen-bond donors (Lipinski definition) is 1. The zero-order valence-corrected chi connectivity index (χ0v) is 12.6. The van der Waals surface area contributed by atoms with E-state index in [4.69, 9.17) is 0 Å². The topological polar surface area (TPSA) is 29.1 Å². The minimum Gasteiger partial charge on any atom is -0.303 e. The number of Topliss-reactive ketones (excluding diaryl/α,β-unsaturated/α-hetero) is 1. The lowest BCUT2D eigenvalue weighted by atomic mass is 9.72. The van der Waals surface area contributed by atoms with Gasteiger partial charge in [0.2, 0.25) is 0 Å². The predicted octanol–water partition coefficient (Wildman–Crippen LogP) is 3.51. The van der Waals surface area contributed by atoms with Gasteiger partial charge < -0.3 is 5.32 Å². The smallest absolute Gasteiger partial charge is 0.157 e. The van der Waals surface area contributed by atoms with Gasteiger partial charge >= 0.3 is 0 Å². The number of rotatable bonds is 2. The first-order valence-corrected chi connectivity index (χ1v) is 8.00. The Hall–Kier alpha value is -1.15. The molecule has 20 heavy (non-hydrogen) atoms. The maximum absolute atomic E-state index is 12.9. The molecule has 1 saturated carbocycles. The summed E-state index contributed by atoms with van der Waals surface area (Å²) >= 11 is 0. The fraction of sp³-hybridized carbons (Fsp3) is 0.611. The number of ketones is 1. The van der Waals surface area contributed by atoms with Gasteiger partial charge in [-0.1, -0.05) is 38.1 Å². The third kappa shape index (κ3) is 2.67. The molecule has 0 bridgehead atoms. The largest absolute Gasteiger partial charge is 0.303 e. The maximum atomic E-state index is 12.9. The number of benzene rings is 1. The Kier molecular flexibility index (Phi) is 3.93. The number of carbonyl (C=O) groups excluding carboxylic acids is 1. The average Bonchev–Trinajstić information content (AvgIpc) is 2.45. The number of hydrogen-bond acceptors (Lipinski definition) is 2. The fourth-order valence-corrected chi connectivity index (χ4v) is 4.17. The molecule has 1 aliphatic heterocycles. The van der Waals surface area contributed by atoms with Crippen LogP contribution in [0.3, 0.4) is 0 Å². The van der Waals surface area contributed by atoms with Gasteiger partial charge in [-0.25, -0.2) is 0 Å². The Bertz CT molecular complexity index is 486. The van der Waals surface area contributed by atoms with Crippen LogP contribution < -0.4 is 5.32 Å². The highest BCUT2D eigenvalue weighted by Crippen LogP contribution is 2.36. The molecule has 2 nitrogen and oxygen atoms in total. The van der Waals surface area contributed by atoms with Crippen LogP contribution in [0.1, 0.15) is 50.3 Å². The molecule has 2 heteroatoms. The van der Waals surface area contributed by atoms with E-state index in [1.54, 1.807) is 0 Å². The molecule has 1 aliphatic carbocycles. The van der Waals surface area contributed by atoms with Crippen LogP contribution in [0, 0.1) is 17.8 Å². The van der Waals surface area contributed by atoms with Crippen molar-refractivity contribution < 1.29 is 4.79 Å². The van der Waals surface area contributed by atoms with Gasteiger partial charge in [-0.05, 0) is 48.6 Å². The van der Waals surface area contributed by atoms with Crippen LogP contribution in [0.4, 0.5) is 0 Å². The van der Waals surface area contributed by atoms with Crippen LogP contribution in [-0.4, -0.2) is 12.3 Å². The molecule has 0 radical (unpaired) electrons. The molecular weight excluding hydrogens is 246 g/mol. The van der Waals surface area contributed by atoms with E-state index >= 15 is 0 Å². The highest BCUT2D eigenvalue weighted by Gasteiger charge is 2.35. The van der Waals surface area contributed by atoms with E-state index < -0.39 is 0 Å². The number of fused-ring (bicyclic) bond motifs is 1. The van der Waals surface area contributed by atoms with Crippen molar-refractivity contribution in [2.24, 2.45) is 17.8 Å². The summed E-state index contributed by atoms with van der Waals surface area (Å²) in [6, 6.07) is 8.36. The third-order valence-electron chi connectivity index (χ3n) is 4.97. The van der Waals surface area contributed by atoms with Gasteiger partial charge in [0.15, 0.2) is 5.78 Å². The van der Waals surface area contributed by atoms with E-state index in [2.05, 4.69) is 43.4 Å². The second kappa shape index (κ2) is 5.69. The molecule has 108 valence electrons. The van der Waals surface area contributed by atoms with Crippen molar-refractivity contribution in [1.29, 1.82) is 0 Å². The summed E-state index contributed by atoms with van der Waals surface area (Å²) in [5, 5.41) is 3.45. The summed E-state index contributed by atoms with van der Waals surface area (Å²) < 4.78 is 0. The van der Waals surface area contributed by atoms with Gasteiger partial charge in [-0.3, -0.25) is 4.79 Å².